The first-order valence-corrected chi connectivity index (χ1v) is 5.80. The van der Waals surface area contributed by atoms with Crippen molar-refractivity contribution in [3.8, 4) is 6.19 Å². The molecule has 0 aromatic carbocycles. The topological polar surface area (TPSA) is 39.9 Å². The van der Waals surface area contributed by atoms with Gasteiger partial charge in [-0.1, -0.05) is 19.9 Å². The zero-order chi connectivity index (χ0) is 11.5. The van der Waals surface area contributed by atoms with Gasteiger partial charge in [0.25, 0.3) is 0 Å². The maximum Gasteiger partial charge on any atom is 0.179 e. The SMILES string of the molecule is CC(C)C1C(c2cccnc2)CCN1C#N. The lowest BCUT2D eigenvalue weighted by atomic mass is 9.86. The van der Waals surface area contributed by atoms with Crippen molar-refractivity contribution in [2.75, 3.05) is 6.54 Å². The standard InChI is InChI=1S/C13H17N3/c1-10(2)13-12(5-7-16(13)9-14)11-4-3-6-15-8-11/h3-4,6,8,10,12-13H,5,7H2,1-2H3. The van der Waals surface area contributed by atoms with E-state index in [1.54, 1.807) is 6.20 Å². The summed E-state index contributed by atoms with van der Waals surface area (Å²) in [7, 11) is 0. The minimum atomic E-state index is 0.328. The average Bonchev–Trinajstić information content (AvgIpc) is 2.73. The minimum absolute atomic E-state index is 0.328. The fourth-order valence-corrected chi connectivity index (χ4v) is 2.72. The molecule has 1 aliphatic rings. The molecule has 0 saturated carbocycles. The van der Waals surface area contributed by atoms with Crippen molar-refractivity contribution in [3.05, 3.63) is 30.1 Å². The predicted octanol–water partition coefficient (Wildman–Crippen LogP) is 2.38. The molecule has 16 heavy (non-hydrogen) atoms. The van der Waals surface area contributed by atoms with E-state index in [4.69, 9.17) is 5.26 Å². The van der Waals surface area contributed by atoms with Crippen LogP contribution in [0.4, 0.5) is 0 Å². The number of hydrogen-bond donors (Lipinski definition) is 0. The Morgan fingerprint density at radius 2 is 2.38 bits per heavy atom. The second kappa shape index (κ2) is 4.52. The number of hydrogen-bond acceptors (Lipinski definition) is 3. The summed E-state index contributed by atoms with van der Waals surface area (Å²) in [6.07, 6.45) is 7.09. The maximum atomic E-state index is 9.11. The molecule has 0 radical (unpaired) electrons. The zero-order valence-electron chi connectivity index (χ0n) is 9.80. The van der Waals surface area contributed by atoms with Gasteiger partial charge in [-0.05, 0) is 24.0 Å². The van der Waals surface area contributed by atoms with Gasteiger partial charge in [0.05, 0.1) is 0 Å². The third-order valence-corrected chi connectivity index (χ3v) is 3.38. The first kappa shape index (κ1) is 10.9. The molecule has 1 aromatic rings. The minimum Gasteiger partial charge on any atom is -0.307 e. The van der Waals surface area contributed by atoms with Gasteiger partial charge in [0.1, 0.15) is 0 Å². The summed E-state index contributed by atoms with van der Waals surface area (Å²) in [4.78, 5) is 6.09. The molecule has 2 heterocycles. The van der Waals surface area contributed by atoms with Gasteiger partial charge < -0.3 is 4.90 Å². The van der Waals surface area contributed by atoms with Crippen LogP contribution in [-0.4, -0.2) is 22.5 Å². The van der Waals surface area contributed by atoms with Gasteiger partial charge in [-0.15, -0.1) is 0 Å². The molecule has 3 nitrogen and oxygen atoms in total. The molecule has 0 amide bonds. The van der Waals surface area contributed by atoms with E-state index in [2.05, 4.69) is 31.1 Å². The number of aromatic nitrogens is 1. The third-order valence-electron chi connectivity index (χ3n) is 3.38. The van der Waals surface area contributed by atoms with Crippen LogP contribution in [0.25, 0.3) is 0 Å². The van der Waals surface area contributed by atoms with Crippen LogP contribution < -0.4 is 0 Å². The van der Waals surface area contributed by atoms with Crippen molar-refractivity contribution in [1.29, 1.82) is 5.26 Å². The van der Waals surface area contributed by atoms with Crippen LogP contribution in [-0.2, 0) is 0 Å². The van der Waals surface area contributed by atoms with Crippen molar-refractivity contribution in [2.24, 2.45) is 5.92 Å². The van der Waals surface area contributed by atoms with E-state index in [0.29, 0.717) is 17.9 Å². The van der Waals surface area contributed by atoms with Gasteiger partial charge in [-0.3, -0.25) is 4.98 Å². The Bertz CT molecular complexity index is 380. The smallest absolute Gasteiger partial charge is 0.179 e. The van der Waals surface area contributed by atoms with Crippen molar-refractivity contribution in [3.63, 3.8) is 0 Å². The first-order chi connectivity index (χ1) is 7.74. The highest BCUT2D eigenvalue weighted by molar-refractivity contribution is 5.20. The van der Waals surface area contributed by atoms with E-state index in [-0.39, 0.29) is 0 Å². The van der Waals surface area contributed by atoms with Crippen molar-refractivity contribution >= 4 is 0 Å². The molecule has 3 heteroatoms. The monoisotopic (exact) mass is 215 g/mol. The van der Waals surface area contributed by atoms with E-state index in [0.717, 1.165) is 13.0 Å². The summed E-state index contributed by atoms with van der Waals surface area (Å²) in [5, 5.41) is 9.11. The predicted molar refractivity (Wildman–Crippen MR) is 62.5 cm³/mol. The Balaban J connectivity index is 2.26. The van der Waals surface area contributed by atoms with Gasteiger partial charge >= 0.3 is 0 Å². The second-order valence-corrected chi connectivity index (χ2v) is 4.71. The molecule has 0 bridgehead atoms. The molecule has 0 N–H and O–H groups in total. The van der Waals surface area contributed by atoms with E-state index in [1.165, 1.54) is 5.56 Å². The van der Waals surface area contributed by atoms with Gasteiger partial charge in [0.2, 0.25) is 0 Å². The molecule has 1 saturated heterocycles. The third kappa shape index (κ3) is 1.88. The lowest BCUT2D eigenvalue weighted by Gasteiger charge is -2.27. The summed E-state index contributed by atoms with van der Waals surface area (Å²) in [5.41, 5.74) is 1.26. The summed E-state index contributed by atoms with van der Waals surface area (Å²) in [5.74, 6) is 0.945. The Hall–Kier alpha value is -1.56. The molecule has 1 aliphatic heterocycles. The van der Waals surface area contributed by atoms with Crippen LogP contribution in [0.2, 0.25) is 0 Å². The highest BCUT2D eigenvalue weighted by atomic mass is 15.2. The van der Waals surface area contributed by atoms with Crippen molar-refractivity contribution < 1.29 is 0 Å². The number of rotatable bonds is 2. The van der Waals surface area contributed by atoms with Crippen molar-refractivity contribution in [2.45, 2.75) is 32.2 Å². The van der Waals surface area contributed by atoms with E-state index in [1.807, 2.05) is 17.2 Å². The van der Waals surface area contributed by atoms with Crippen LogP contribution in [0.5, 0.6) is 0 Å². The lowest BCUT2D eigenvalue weighted by molar-refractivity contribution is 0.273. The van der Waals surface area contributed by atoms with Crippen LogP contribution in [0, 0.1) is 17.4 Å². The molecule has 2 unspecified atom stereocenters. The van der Waals surface area contributed by atoms with E-state index >= 15 is 0 Å². The van der Waals surface area contributed by atoms with Gasteiger partial charge in [-0.2, -0.15) is 5.26 Å². The highest BCUT2D eigenvalue weighted by Gasteiger charge is 2.36. The van der Waals surface area contributed by atoms with Crippen LogP contribution >= 0.6 is 0 Å². The Labute approximate surface area is 96.7 Å². The fraction of sp³-hybridized carbons (Fsp3) is 0.538. The van der Waals surface area contributed by atoms with Gasteiger partial charge in [0, 0.05) is 30.9 Å². The fourth-order valence-electron chi connectivity index (χ4n) is 2.72. The molecular formula is C13H17N3. The normalized spacial score (nSPS) is 24.8. The largest absolute Gasteiger partial charge is 0.307 e. The lowest BCUT2D eigenvalue weighted by Crippen LogP contribution is -2.32. The summed E-state index contributed by atoms with van der Waals surface area (Å²) < 4.78 is 0. The van der Waals surface area contributed by atoms with Crippen LogP contribution in [0.15, 0.2) is 24.5 Å². The molecule has 0 spiro atoms. The molecule has 2 atom stereocenters. The average molecular weight is 215 g/mol. The highest BCUT2D eigenvalue weighted by Crippen LogP contribution is 2.36. The number of likely N-dealkylation sites (tertiary alicyclic amines) is 1. The number of pyridine rings is 1. The Morgan fingerprint density at radius 1 is 1.56 bits per heavy atom. The quantitative estimate of drug-likeness (QED) is 0.711. The summed E-state index contributed by atoms with van der Waals surface area (Å²) in [6, 6.07) is 4.42. The van der Waals surface area contributed by atoms with Gasteiger partial charge in [0.15, 0.2) is 6.19 Å². The van der Waals surface area contributed by atoms with Crippen LogP contribution in [0.3, 0.4) is 0 Å². The maximum absolute atomic E-state index is 9.11. The molecule has 1 fully saturated rings. The summed E-state index contributed by atoms with van der Waals surface area (Å²) in [6.45, 7) is 5.24. The number of nitrogens with zero attached hydrogens (tertiary/aromatic N) is 3. The van der Waals surface area contributed by atoms with E-state index < -0.39 is 0 Å². The summed E-state index contributed by atoms with van der Waals surface area (Å²) >= 11 is 0. The Kier molecular flexibility index (Phi) is 3.09. The second-order valence-electron chi connectivity index (χ2n) is 4.71. The molecule has 2 rings (SSSR count). The van der Waals surface area contributed by atoms with Crippen molar-refractivity contribution in [1.82, 2.24) is 9.88 Å². The van der Waals surface area contributed by atoms with Gasteiger partial charge in [-0.25, -0.2) is 0 Å². The molecule has 1 aromatic heterocycles. The molecular weight excluding hydrogens is 198 g/mol. The number of nitriles is 1. The van der Waals surface area contributed by atoms with Crippen LogP contribution in [0.1, 0.15) is 31.7 Å². The van der Waals surface area contributed by atoms with E-state index in [9.17, 15) is 0 Å². The first-order valence-electron chi connectivity index (χ1n) is 5.80. The molecule has 0 aliphatic carbocycles. The zero-order valence-corrected chi connectivity index (χ0v) is 9.80. The molecule has 84 valence electrons. The Morgan fingerprint density at radius 3 is 2.94 bits per heavy atom.